The molecule has 0 aliphatic heterocycles. The Morgan fingerprint density at radius 2 is 2.08 bits per heavy atom. The van der Waals surface area contributed by atoms with Crippen LogP contribution < -0.4 is 10.6 Å². The van der Waals surface area contributed by atoms with Gasteiger partial charge in [-0.05, 0) is 37.3 Å². The average Bonchev–Trinajstić information content (AvgIpc) is 3.09. The van der Waals surface area contributed by atoms with Crippen molar-refractivity contribution in [2.24, 2.45) is 0 Å². The topological polar surface area (TPSA) is 97.6 Å². The van der Waals surface area contributed by atoms with E-state index >= 15 is 0 Å². The first-order chi connectivity index (χ1) is 11.9. The summed E-state index contributed by atoms with van der Waals surface area (Å²) in [5.74, 6) is -2.55. The second-order valence-electron chi connectivity index (χ2n) is 4.91. The van der Waals surface area contributed by atoms with Gasteiger partial charge in [0.25, 0.3) is 11.8 Å². The molecule has 0 fully saturated rings. The van der Waals surface area contributed by atoms with Crippen molar-refractivity contribution in [1.29, 1.82) is 0 Å². The highest BCUT2D eigenvalue weighted by molar-refractivity contribution is 6.33. The summed E-state index contributed by atoms with van der Waals surface area (Å²) in [5.41, 5.74) is 0.182. The molecule has 0 bridgehead atoms. The van der Waals surface area contributed by atoms with Gasteiger partial charge in [-0.3, -0.25) is 14.4 Å². The molecule has 2 N–H and O–H groups in total. The number of anilines is 1. The maximum Gasteiger partial charge on any atom is 0.326 e. The van der Waals surface area contributed by atoms with Crippen LogP contribution in [0.25, 0.3) is 0 Å². The predicted molar refractivity (Wildman–Crippen MR) is 86.6 cm³/mol. The molecular formula is C16H14ClFN2O5. The van der Waals surface area contributed by atoms with E-state index in [2.05, 4.69) is 10.6 Å². The Hall–Kier alpha value is -2.87. The summed E-state index contributed by atoms with van der Waals surface area (Å²) in [6.07, 6.45) is 0.175. The monoisotopic (exact) mass is 368 g/mol. The minimum Gasteiger partial charge on any atom is -0.459 e. The Labute approximate surface area is 147 Å². The van der Waals surface area contributed by atoms with Gasteiger partial charge >= 0.3 is 5.97 Å². The molecule has 0 radical (unpaired) electrons. The van der Waals surface area contributed by atoms with Crippen LogP contribution in [0.15, 0.2) is 41.0 Å². The number of amides is 2. The molecule has 0 saturated carbocycles. The van der Waals surface area contributed by atoms with Crippen molar-refractivity contribution in [2.45, 2.75) is 13.0 Å². The van der Waals surface area contributed by atoms with E-state index < -0.39 is 36.2 Å². The number of carbonyl (C=O) groups excluding carboxylic acids is 3. The highest BCUT2D eigenvalue weighted by atomic mass is 35.5. The molecule has 0 unspecified atom stereocenters. The minimum absolute atomic E-state index is 0.0117. The third-order valence-electron chi connectivity index (χ3n) is 3.00. The van der Waals surface area contributed by atoms with Crippen molar-refractivity contribution < 1.29 is 27.9 Å². The molecule has 0 aliphatic carbocycles. The first kappa shape index (κ1) is 18.5. The standard InChI is InChI=1S/C16H14ClFN2O5/c1-9(15(22)20-12-5-4-10(18)7-11(12)17)25-14(21)8-19-16(23)13-3-2-6-24-13/h2-7,9H,8H2,1H3,(H,19,23)(H,20,22)/t9-/m1/s1. The van der Waals surface area contributed by atoms with E-state index in [0.29, 0.717) is 0 Å². The van der Waals surface area contributed by atoms with Crippen molar-refractivity contribution in [2.75, 3.05) is 11.9 Å². The lowest BCUT2D eigenvalue weighted by Gasteiger charge is -2.14. The smallest absolute Gasteiger partial charge is 0.326 e. The number of ether oxygens (including phenoxy) is 1. The van der Waals surface area contributed by atoms with Crippen molar-refractivity contribution in [3.8, 4) is 0 Å². The fourth-order valence-corrected chi connectivity index (χ4v) is 1.98. The molecule has 7 nitrogen and oxygen atoms in total. The molecule has 1 aromatic carbocycles. The van der Waals surface area contributed by atoms with Crippen LogP contribution in [0, 0.1) is 5.82 Å². The highest BCUT2D eigenvalue weighted by Gasteiger charge is 2.19. The van der Waals surface area contributed by atoms with Crippen LogP contribution in [0.4, 0.5) is 10.1 Å². The largest absolute Gasteiger partial charge is 0.459 e. The number of furan rings is 1. The summed E-state index contributed by atoms with van der Waals surface area (Å²) in [4.78, 5) is 35.2. The van der Waals surface area contributed by atoms with Gasteiger partial charge < -0.3 is 19.8 Å². The number of benzene rings is 1. The van der Waals surface area contributed by atoms with Gasteiger partial charge in [-0.15, -0.1) is 0 Å². The van der Waals surface area contributed by atoms with Crippen LogP contribution in [0.2, 0.25) is 5.02 Å². The molecule has 2 amide bonds. The zero-order valence-electron chi connectivity index (χ0n) is 13.0. The Kier molecular flexibility index (Phi) is 6.13. The molecular weight excluding hydrogens is 355 g/mol. The SMILES string of the molecule is C[C@@H](OC(=O)CNC(=O)c1ccco1)C(=O)Nc1ccc(F)cc1Cl. The van der Waals surface area contributed by atoms with Crippen LogP contribution in [0.3, 0.4) is 0 Å². The van der Waals surface area contributed by atoms with Gasteiger partial charge in [0.1, 0.15) is 12.4 Å². The molecule has 1 atom stereocenters. The summed E-state index contributed by atoms with van der Waals surface area (Å²) >= 11 is 5.80. The average molecular weight is 369 g/mol. The molecule has 0 aliphatic rings. The third kappa shape index (κ3) is 5.32. The van der Waals surface area contributed by atoms with Crippen LogP contribution >= 0.6 is 11.6 Å². The second kappa shape index (κ2) is 8.29. The molecule has 2 rings (SSSR count). The van der Waals surface area contributed by atoms with Gasteiger partial charge in [-0.1, -0.05) is 11.6 Å². The fourth-order valence-electron chi connectivity index (χ4n) is 1.76. The summed E-state index contributed by atoms with van der Waals surface area (Å²) in [7, 11) is 0. The molecule has 25 heavy (non-hydrogen) atoms. The quantitative estimate of drug-likeness (QED) is 0.763. The molecule has 0 saturated heterocycles. The second-order valence-corrected chi connectivity index (χ2v) is 5.31. The van der Waals surface area contributed by atoms with E-state index in [1.165, 1.54) is 31.4 Å². The van der Waals surface area contributed by atoms with Gasteiger partial charge in [-0.25, -0.2) is 4.39 Å². The number of hydrogen-bond donors (Lipinski definition) is 2. The third-order valence-corrected chi connectivity index (χ3v) is 3.32. The van der Waals surface area contributed by atoms with Crippen molar-refractivity contribution in [3.63, 3.8) is 0 Å². The van der Waals surface area contributed by atoms with E-state index in [1.54, 1.807) is 0 Å². The summed E-state index contributed by atoms with van der Waals surface area (Å²) in [6.45, 7) is 0.910. The Balaban J connectivity index is 1.81. The van der Waals surface area contributed by atoms with Crippen LogP contribution in [-0.4, -0.2) is 30.4 Å². The van der Waals surface area contributed by atoms with Gasteiger partial charge in [0.05, 0.1) is 17.0 Å². The highest BCUT2D eigenvalue weighted by Crippen LogP contribution is 2.22. The number of esters is 1. The minimum atomic E-state index is -1.14. The Morgan fingerprint density at radius 3 is 2.72 bits per heavy atom. The maximum atomic E-state index is 13.0. The summed E-state index contributed by atoms with van der Waals surface area (Å²) in [5, 5.41) is 4.72. The van der Waals surface area contributed by atoms with Crippen LogP contribution in [0.5, 0.6) is 0 Å². The van der Waals surface area contributed by atoms with Gasteiger partial charge in [0.2, 0.25) is 0 Å². The number of halogens is 2. The van der Waals surface area contributed by atoms with Gasteiger partial charge in [0, 0.05) is 0 Å². The summed E-state index contributed by atoms with van der Waals surface area (Å²) < 4.78 is 22.7. The predicted octanol–water partition coefficient (Wildman–Crippen LogP) is 2.37. The maximum absolute atomic E-state index is 13.0. The van der Waals surface area contributed by atoms with E-state index in [0.717, 1.165) is 12.1 Å². The number of rotatable bonds is 6. The number of nitrogens with one attached hydrogen (secondary N) is 2. The lowest BCUT2D eigenvalue weighted by Crippen LogP contribution is -2.35. The zero-order valence-corrected chi connectivity index (χ0v) is 13.8. The van der Waals surface area contributed by atoms with E-state index in [9.17, 15) is 18.8 Å². The van der Waals surface area contributed by atoms with E-state index in [-0.39, 0.29) is 16.5 Å². The van der Waals surface area contributed by atoms with Crippen LogP contribution in [0.1, 0.15) is 17.5 Å². The first-order valence-corrected chi connectivity index (χ1v) is 7.51. The first-order valence-electron chi connectivity index (χ1n) is 7.14. The van der Waals surface area contributed by atoms with E-state index in [1.807, 2.05) is 0 Å². The Morgan fingerprint density at radius 1 is 1.32 bits per heavy atom. The van der Waals surface area contributed by atoms with E-state index in [4.69, 9.17) is 20.8 Å². The zero-order chi connectivity index (χ0) is 18.4. The van der Waals surface area contributed by atoms with Gasteiger partial charge in [-0.2, -0.15) is 0 Å². The van der Waals surface area contributed by atoms with Crippen LogP contribution in [-0.2, 0) is 14.3 Å². The molecule has 0 spiro atoms. The molecule has 132 valence electrons. The van der Waals surface area contributed by atoms with Gasteiger partial charge in [0.15, 0.2) is 11.9 Å². The fraction of sp³-hybridized carbons (Fsp3) is 0.188. The lowest BCUT2D eigenvalue weighted by atomic mass is 10.3. The number of carbonyl (C=O) groups is 3. The lowest BCUT2D eigenvalue weighted by molar-refractivity contribution is -0.152. The molecule has 2 aromatic rings. The normalized spacial score (nSPS) is 11.5. The number of hydrogen-bond acceptors (Lipinski definition) is 5. The summed E-state index contributed by atoms with van der Waals surface area (Å²) in [6, 6.07) is 6.41. The molecule has 1 heterocycles. The molecule has 9 heteroatoms. The molecule has 1 aromatic heterocycles. The van der Waals surface area contributed by atoms with Crippen molar-refractivity contribution in [3.05, 3.63) is 53.2 Å². The van der Waals surface area contributed by atoms with Crippen molar-refractivity contribution in [1.82, 2.24) is 5.32 Å². The van der Waals surface area contributed by atoms with Crippen molar-refractivity contribution >= 4 is 35.1 Å². The Bertz CT molecular complexity index is 779.